The Labute approximate surface area is 109 Å². The molecule has 2 aromatic rings. The smallest absolute Gasteiger partial charge is 0.136 e. The third-order valence-corrected chi connectivity index (χ3v) is 3.24. The first kappa shape index (κ1) is 12.0. The Bertz CT molecular complexity index is 537. The average molecular weight is 296 g/mol. The number of aryl methyl sites for hydroxylation is 1. The third kappa shape index (κ3) is 2.44. The zero-order valence-corrected chi connectivity index (χ0v) is 11.4. The first-order valence-electron chi connectivity index (χ1n) is 5.22. The van der Waals surface area contributed by atoms with Crippen LogP contribution >= 0.6 is 15.9 Å². The van der Waals surface area contributed by atoms with Crippen molar-refractivity contribution in [3.8, 4) is 5.75 Å². The Hall–Kier alpha value is -1.49. The Morgan fingerprint density at radius 2 is 2.24 bits per heavy atom. The Morgan fingerprint density at radius 3 is 2.76 bits per heavy atom. The standard InChI is InChI=1S/C12H14BrN3O/c1-8-5-9(3-4-11(8)17-2)7-16-12(14)10(13)6-15-16/h3-6H,7,14H2,1-2H3. The predicted octanol–water partition coefficient (Wildman–Crippen LogP) is 2.59. The fraction of sp³-hybridized carbons (Fsp3) is 0.250. The summed E-state index contributed by atoms with van der Waals surface area (Å²) in [5.41, 5.74) is 8.12. The van der Waals surface area contributed by atoms with E-state index >= 15 is 0 Å². The highest BCUT2D eigenvalue weighted by Crippen LogP contribution is 2.22. The van der Waals surface area contributed by atoms with Gasteiger partial charge < -0.3 is 10.5 Å². The quantitative estimate of drug-likeness (QED) is 0.947. The third-order valence-electron chi connectivity index (χ3n) is 2.62. The van der Waals surface area contributed by atoms with Crippen LogP contribution in [-0.4, -0.2) is 16.9 Å². The lowest BCUT2D eigenvalue weighted by Crippen LogP contribution is -2.06. The molecule has 90 valence electrons. The Kier molecular flexibility index (Phi) is 3.38. The summed E-state index contributed by atoms with van der Waals surface area (Å²) < 4.78 is 7.80. The van der Waals surface area contributed by atoms with Crippen LogP contribution in [0.2, 0.25) is 0 Å². The van der Waals surface area contributed by atoms with Crippen molar-refractivity contribution >= 4 is 21.7 Å². The zero-order chi connectivity index (χ0) is 12.4. The van der Waals surface area contributed by atoms with Crippen LogP contribution in [-0.2, 0) is 6.54 Å². The molecular formula is C12H14BrN3O. The first-order valence-corrected chi connectivity index (χ1v) is 6.01. The molecule has 2 rings (SSSR count). The molecule has 1 aromatic heterocycles. The maximum absolute atomic E-state index is 5.87. The lowest BCUT2D eigenvalue weighted by atomic mass is 10.1. The minimum atomic E-state index is 0.637. The first-order chi connectivity index (χ1) is 8.11. The van der Waals surface area contributed by atoms with Gasteiger partial charge in [0.1, 0.15) is 11.6 Å². The van der Waals surface area contributed by atoms with Gasteiger partial charge in [-0.2, -0.15) is 5.10 Å². The molecule has 1 aromatic carbocycles. The molecule has 0 aliphatic carbocycles. The molecule has 0 spiro atoms. The van der Waals surface area contributed by atoms with E-state index in [1.54, 1.807) is 18.0 Å². The fourth-order valence-corrected chi connectivity index (χ4v) is 2.01. The second-order valence-corrected chi connectivity index (χ2v) is 4.69. The van der Waals surface area contributed by atoms with Gasteiger partial charge in [-0.05, 0) is 40.0 Å². The van der Waals surface area contributed by atoms with Crippen molar-refractivity contribution in [3.63, 3.8) is 0 Å². The van der Waals surface area contributed by atoms with Crippen molar-refractivity contribution in [2.24, 2.45) is 0 Å². The lowest BCUT2D eigenvalue weighted by Gasteiger charge is -2.08. The summed E-state index contributed by atoms with van der Waals surface area (Å²) in [6.07, 6.45) is 1.70. The number of methoxy groups -OCH3 is 1. The van der Waals surface area contributed by atoms with Crippen LogP contribution in [0.15, 0.2) is 28.9 Å². The van der Waals surface area contributed by atoms with Gasteiger partial charge in [0.25, 0.3) is 0 Å². The van der Waals surface area contributed by atoms with Gasteiger partial charge in [-0.25, -0.2) is 4.68 Å². The van der Waals surface area contributed by atoms with E-state index in [0.717, 1.165) is 21.3 Å². The largest absolute Gasteiger partial charge is 0.496 e. The molecule has 0 aliphatic rings. The molecule has 0 saturated heterocycles. The Balaban J connectivity index is 2.25. The average Bonchev–Trinajstić information content (AvgIpc) is 2.61. The normalized spacial score (nSPS) is 10.5. The number of aromatic nitrogens is 2. The van der Waals surface area contributed by atoms with Gasteiger partial charge in [-0.1, -0.05) is 12.1 Å². The molecule has 0 radical (unpaired) electrons. The van der Waals surface area contributed by atoms with E-state index in [9.17, 15) is 0 Å². The van der Waals surface area contributed by atoms with Crippen molar-refractivity contribution in [2.75, 3.05) is 12.8 Å². The summed E-state index contributed by atoms with van der Waals surface area (Å²) in [7, 11) is 1.67. The number of anilines is 1. The van der Waals surface area contributed by atoms with Crippen molar-refractivity contribution in [1.29, 1.82) is 0 Å². The highest BCUT2D eigenvalue weighted by atomic mass is 79.9. The summed E-state index contributed by atoms with van der Waals surface area (Å²) in [6, 6.07) is 6.05. The summed E-state index contributed by atoms with van der Waals surface area (Å²) >= 11 is 3.34. The van der Waals surface area contributed by atoms with E-state index in [1.165, 1.54) is 0 Å². The van der Waals surface area contributed by atoms with Gasteiger partial charge in [-0.15, -0.1) is 0 Å². The number of halogens is 1. The van der Waals surface area contributed by atoms with E-state index in [1.807, 2.05) is 19.1 Å². The topological polar surface area (TPSA) is 53.1 Å². The van der Waals surface area contributed by atoms with Gasteiger partial charge in [0.15, 0.2) is 0 Å². The van der Waals surface area contributed by atoms with E-state index < -0.39 is 0 Å². The van der Waals surface area contributed by atoms with Crippen LogP contribution in [0.4, 0.5) is 5.82 Å². The van der Waals surface area contributed by atoms with Gasteiger partial charge in [0.05, 0.1) is 24.3 Å². The summed E-state index contributed by atoms with van der Waals surface area (Å²) in [4.78, 5) is 0. The van der Waals surface area contributed by atoms with Crippen molar-refractivity contribution in [2.45, 2.75) is 13.5 Å². The summed E-state index contributed by atoms with van der Waals surface area (Å²) in [5, 5.41) is 4.20. The molecular weight excluding hydrogens is 282 g/mol. The minimum Gasteiger partial charge on any atom is -0.496 e. The molecule has 2 N–H and O–H groups in total. The van der Waals surface area contributed by atoms with Gasteiger partial charge >= 0.3 is 0 Å². The molecule has 5 heteroatoms. The molecule has 1 heterocycles. The van der Waals surface area contributed by atoms with E-state index in [2.05, 4.69) is 27.1 Å². The number of benzene rings is 1. The molecule has 0 fully saturated rings. The number of hydrogen-bond acceptors (Lipinski definition) is 3. The van der Waals surface area contributed by atoms with Crippen LogP contribution in [0, 0.1) is 6.92 Å². The van der Waals surface area contributed by atoms with Gasteiger partial charge in [0, 0.05) is 0 Å². The number of ether oxygens (including phenoxy) is 1. The Morgan fingerprint density at radius 1 is 1.47 bits per heavy atom. The van der Waals surface area contributed by atoms with Crippen LogP contribution in [0.1, 0.15) is 11.1 Å². The maximum atomic E-state index is 5.87. The number of nitrogens with two attached hydrogens (primary N) is 1. The number of hydrogen-bond donors (Lipinski definition) is 1. The van der Waals surface area contributed by atoms with Crippen LogP contribution < -0.4 is 10.5 Å². The van der Waals surface area contributed by atoms with Gasteiger partial charge in [-0.3, -0.25) is 0 Å². The lowest BCUT2D eigenvalue weighted by molar-refractivity contribution is 0.411. The summed E-state index contributed by atoms with van der Waals surface area (Å²) in [6.45, 7) is 2.67. The molecule has 0 aliphatic heterocycles. The van der Waals surface area contributed by atoms with Gasteiger partial charge in [0.2, 0.25) is 0 Å². The SMILES string of the molecule is COc1ccc(Cn2ncc(Br)c2N)cc1C. The molecule has 0 bridgehead atoms. The zero-order valence-electron chi connectivity index (χ0n) is 9.77. The van der Waals surface area contributed by atoms with E-state index in [0.29, 0.717) is 12.4 Å². The molecule has 0 saturated carbocycles. The molecule has 17 heavy (non-hydrogen) atoms. The number of nitrogens with zero attached hydrogens (tertiary/aromatic N) is 2. The number of nitrogen functional groups attached to an aromatic ring is 1. The fourth-order valence-electron chi connectivity index (χ4n) is 1.71. The molecule has 0 amide bonds. The van der Waals surface area contributed by atoms with Crippen LogP contribution in [0.25, 0.3) is 0 Å². The van der Waals surface area contributed by atoms with Crippen molar-refractivity contribution < 1.29 is 4.74 Å². The van der Waals surface area contributed by atoms with Crippen molar-refractivity contribution in [1.82, 2.24) is 9.78 Å². The second-order valence-electron chi connectivity index (χ2n) is 3.84. The molecule has 0 atom stereocenters. The predicted molar refractivity (Wildman–Crippen MR) is 71.2 cm³/mol. The van der Waals surface area contributed by atoms with Crippen LogP contribution in [0.3, 0.4) is 0 Å². The van der Waals surface area contributed by atoms with E-state index in [-0.39, 0.29) is 0 Å². The second kappa shape index (κ2) is 4.79. The van der Waals surface area contributed by atoms with Crippen LogP contribution in [0.5, 0.6) is 5.75 Å². The summed E-state index contributed by atoms with van der Waals surface area (Å²) in [5.74, 6) is 1.53. The number of rotatable bonds is 3. The maximum Gasteiger partial charge on any atom is 0.136 e. The van der Waals surface area contributed by atoms with E-state index in [4.69, 9.17) is 10.5 Å². The minimum absolute atomic E-state index is 0.637. The highest BCUT2D eigenvalue weighted by Gasteiger charge is 2.06. The molecule has 0 unspecified atom stereocenters. The monoisotopic (exact) mass is 295 g/mol. The molecule has 4 nitrogen and oxygen atoms in total. The van der Waals surface area contributed by atoms with Crippen molar-refractivity contribution in [3.05, 3.63) is 40.0 Å². The highest BCUT2D eigenvalue weighted by molar-refractivity contribution is 9.10.